The van der Waals surface area contributed by atoms with E-state index in [0.717, 1.165) is 5.56 Å². The van der Waals surface area contributed by atoms with Crippen molar-refractivity contribution in [1.82, 2.24) is 5.32 Å². The Morgan fingerprint density at radius 3 is 2.06 bits per heavy atom. The second kappa shape index (κ2) is 10.3. The molecule has 1 aliphatic carbocycles. The van der Waals surface area contributed by atoms with Crippen molar-refractivity contribution in [2.45, 2.75) is 31.7 Å². The Bertz CT molecular complexity index is 1070. The number of nitrogens with one attached hydrogen (secondary N) is 1. The van der Waals surface area contributed by atoms with Gasteiger partial charge in [-0.2, -0.15) is 0 Å². The minimum Gasteiger partial charge on any atom is -0.469 e. The summed E-state index contributed by atoms with van der Waals surface area (Å²) in [5.74, 6) is -0.621. The molecule has 0 fully saturated rings. The van der Waals surface area contributed by atoms with Crippen LogP contribution in [0.1, 0.15) is 36.0 Å². The minimum atomic E-state index is -0.477. The van der Waals surface area contributed by atoms with E-state index in [1.54, 1.807) is 0 Å². The molecule has 1 aliphatic rings. The predicted molar refractivity (Wildman–Crippen MR) is 128 cm³/mol. The summed E-state index contributed by atoms with van der Waals surface area (Å²) in [5, 5.41) is 2.98. The van der Waals surface area contributed by atoms with Gasteiger partial charge in [-0.15, -0.1) is 0 Å². The summed E-state index contributed by atoms with van der Waals surface area (Å²) in [6, 6.07) is 26.1. The fourth-order valence-corrected chi connectivity index (χ4v) is 4.62. The van der Waals surface area contributed by atoms with Crippen LogP contribution in [-0.4, -0.2) is 31.8 Å². The lowest BCUT2D eigenvalue weighted by molar-refractivity contribution is -0.145. The molecular weight excluding hydrogens is 414 g/mol. The number of methoxy groups -OCH3 is 1. The van der Waals surface area contributed by atoms with Crippen molar-refractivity contribution in [3.63, 3.8) is 0 Å². The van der Waals surface area contributed by atoms with E-state index in [2.05, 4.69) is 29.6 Å². The van der Waals surface area contributed by atoms with Crippen LogP contribution in [0.3, 0.4) is 0 Å². The summed E-state index contributed by atoms with van der Waals surface area (Å²) < 4.78 is 10.6. The van der Waals surface area contributed by atoms with Gasteiger partial charge in [0.15, 0.2) is 0 Å². The molecule has 0 saturated carbocycles. The van der Waals surface area contributed by atoms with Gasteiger partial charge in [0, 0.05) is 12.0 Å². The van der Waals surface area contributed by atoms with Gasteiger partial charge in [-0.05, 0) is 40.7 Å². The number of ether oxygens (including phenoxy) is 2. The highest BCUT2D eigenvalue weighted by Gasteiger charge is 2.29. The van der Waals surface area contributed by atoms with Crippen molar-refractivity contribution >= 4 is 12.1 Å². The molecule has 0 heterocycles. The zero-order valence-electron chi connectivity index (χ0n) is 19.0. The second-order valence-corrected chi connectivity index (χ2v) is 8.52. The van der Waals surface area contributed by atoms with Crippen LogP contribution in [0.5, 0.6) is 0 Å². The molecule has 1 N–H and O–H groups in total. The lowest BCUT2D eigenvalue weighted by Gasteiger charge is -2.22. The fraction of sp³-hybridized carbons (Fsp3) is 0.286. The Kier molecular flexibility index (Phi) is 7.08. The maximum atomic E-state index is 12.8. The molecule has 0 saturated heterocycles. The first-order valence-electron chi connectivity index (χ1n) is 11.3. The van der Waals surface area contributed by atoms with Gasteiger partial charge >= 0.3 is 12.1 Å². The number of esters is 1. The molecule has 0 radical (unpaired) electrons. The number of rotatable bonds is 8. The van der Waals surface area contributed by atoms with Gasteiger partial charge in [-0.3, -0.25) is 4.79 Å². The third-order valence-corrected chi connectivity index (χ3v) is 6.23. The van der Waals surface area contributed by atoms with Crippen LogP contribution < -0.4 is 5.32 Å². The van der Waals surface area contributed by atoms with E-state index in [0.29, 0.717) is 12.8 Å². The topological polar surface area (TPSA) is 64.6 Å². The molecule has 0 aromatic heterocycles. The maximum absolute atomic E-state index is 12.8. The molecule has 0 aliphatic heterocycles. The Hall–Kier alpha value is -3.60. The van der Waals surface area contributed by atoms with E-state index < -0.39 is 6.09 Å². The van der Waals surface area contributed by atoms with Crippen LogP contribution in [0, 0.1) is 5.92 Å². The highest BCUT2D eigenvalue weighted by atomic mass is 16.5. The quantitative estimate of drug-likeness (QED) is 0.478. The number of benzene rings is 3. The van der Waals surface area contributed by atoms with E-state index in [-0.39, 0.29) is 30.5 Å². The Balaban J connectivity index is 1.43. The van der Waals surface area contributed by atoms with Crippen molar-refractivity contribution < 1.29 is 19.1 Å². The zero-order chi connectivity index (χ0) is 23.2. The molecular formula is C28H29NO4. The van der Waals surface area contributed by atoms with Crippen LogP contribution in [-0.2, 0) is 20.7 Å². The third-order valence-electron chi connectivity index (χ3n) is 6.23. The molecule has 5 nitrogen and oxygen atoms in total. The van der Waals surface area contributed by atoms with E-state index in [4.69, 9.17) is 9.47 Å². The number of carbonyl (C=O) groups is 2. The van der Waals surface area contributed by atoms with Gasteiger partial charge < -0.3 is 14.8 Å². The summed E-state index contributed by atoms with van der Waals surface area (Å²) in [7, 11) is 1.38. The van der Waals surface area contributed by atoms with E-state index in [1.807, 2.05) is 61.5 Å². The molecule has 5 heteroatoms. The number of alkyl carbamates (subject to hydrolysis) is 1. The average molecular weight is 444 g/mol. The first kappa shape index (κ1) is 22.6. The van der Waals surface area contributed by atoms with Crippen molar-refractivity contribution in [2.75, 3.05) is 13.7 Å². The van der Waals surface area contributed by atoms with Crippen molar-refractivity contribution in [3.8, 4) is 11.1 Å². The summed E-state index contributed by atoms with van der Waals surface area (Å²) in [4.78, 5) is 24.7. The largest absolute Gasteiger partial charge is 0.469 e. The van der Waals surface area contributed by atoms with Crippen LogP contribution >= 0.6 is 0 Å². The van der Waals surface area contributed by atoms with Crippen LogP contribution in [0.25, 0.3) is 11.1 Å². The Labute approximate surface area is 194 Å². The van der Waals surface area contributed by atoms with Gasteiger partial charge in [0.25, 0.3) is 0 Å². The molecule has 3 aromatic rings. The summed E-state index contributed by atoms with van der Waals surface area (Å²) in [6.45, 7) is 2.06. The monoisotopic (exact) mass is 443 g/mol. The van der Waals surface area contributed by atoms with E-state index in [9.17, 15) is 9.59 Å². The normalized spacial score (nSPS) is 14.0. The smallest absolute Gasteiger partial charge is 0.407 e. The van der Waals surface area contributed by atoms with Crippen molar-refractivity contribution in [3.05, 3.63) is 95.6 Å². The number of hydrogen-bond acceptors (Lipinski definition) is 4. The SMILES string of the molecule is COC(=O)[C@H](C)C[C@H](Cc1ccccc1)NC(=O)OCC1c2ccccc2-c2ccccc21. The lowest BCUT2D eigenvalue weighted by Crippen LogP contribution is -2.39. The summed E-state index contributed by atoms with van der Waals surface area (Å²) in [5.41, 5.74) is 5.81. The van der Waals surface area contributed by atoms with E-state index >= 15 is 0 Å². The van der Waals surface area contributed by atoms with Gasteiger partial charge in [-0.25, -0.2) is 4.79 Å². The fourth-order valence-electron chi connectivity index (χ4n) is 4.62. The summed E-state index contributed by atoms with van der Waals surface area (Å²) >= 11 is 0. The van der Waals surface area contributed by atoms with Crippen LogP contribution in [0.15, 0.2) is 78.9 Å². The average Bonchev–Trinajstić information content (AvgIpc) is 3.16. The molecule has 170 valence electrons. The van der Waals surface area contributed by atoms with Crippen LogP contribution in [0.4, 0.5) is 4.79 Å². The molecule has 3 aromatic carbocycles. The predicted octanol–water partition coefficient (Wildman–Crippen LogP) is 5.34. The molecule has 4 rings (SSSR count). The first-order chi connectivity index (χ1) is 16.1. The highest BCUT2D eigenvalue weighted by Crippen LogP contribution is 2.44. The third kappa shape index (κ3) is 5.25. The molecule has 1 amide bonds. The Morgan fingerprint density at radius 1 is 0.879 bits per heavy atom. The number of carbonyl (C=O) groups excluding carboxylic acids is 2. The van der Waals surface area contributed by atoms with E-state index in [1.165, 1.54) is 29.4 Å². The second-order valence-electron chi connectivity index (χ2n) is 8.52. The van der Waals surface area contributed by atoms with Crippen molar-refractivity contribution in [1.29, 1.82) is 0 Å². The van der Waals surface area contributed by atoms with Gasteiger partial charge in [0.2, 0.25) is 0 Å². The Morgan fingerprint density at radius 2 is 1.45 bits per heavy atom. The molecule has 33 heavy (non-hydrogen) atoms. The standard InChI is InChI=1S/C28H29NO4/c1-19(27(30)32-2)16-21(17-20-10-4-3-5-11-20)29-28(31)33-18-26-24-14-8-6-12-22(24)23-13-7-9-15-25(23)26/h3-15,19,21,26H,16-18H2,1-2H3,(H,29,31)/t19-,21-/m1/s1. The molecule has 0 spiro atoms. The van der Waals surface area contributed by atoms with Gasteiger partial charge in [-0.1, -0.05) is 85.8 Å². The molecule has 2 atom stereocenters. The van der Waals surface area contributed by atoms with Gasteiger partial charge in [0.1, 0.15) is 6.61 Å². The number of fused-ring (bicyclic) bond motifs is 3. The highest BCUT2D eigenvalue weighted by molar-refractivity contribution is 5.79. The number of amides is 1. The molecule has 0 bridgehead atoms. The van der Waals surface area contributed by atoms with Gasteiger partial charge in [0.05, 0.1) is 13.0 Å². The zero-order valence-corrected chi connectivity index (χ0v) is 19.0. The summed E-state index contributed by atoms with van der Waals surface area (Å²) in [6.07, 6.45) is 0.591. The maximum Gasteiger partial charge on any atom is 0.407 e. The van der Waals surface area contributed by atoms with Crippen molar-refractivity contribution in [2.24, 2.45) is 5.92 Å². The minimum absolute atomic E-state index is 0.00437. The van der Waals surface area contributed by atoms with Crippen LogP contribution in [0.2, 0.25) is 0 Å². The molecule has 0 unspecified atom stereocenters. The lowest BCUT2D eigenvalue weighted by atomic mass is 9.96. The number of hydrogen-bond donors (Lipinski definition) is 1. The first-order valence-corrected chi connectivity index (χ1v) is 11.3.